The summed E-state index contributed by atoms with van der Waals surface area (Å²) in [5, 5.41) is 6.99. The summed E-state index contributed by atoms with van der Waals surface area (Å²) in [7, 11) is 5.89. The van der Waals surface area contributed by atoms with Crippen LogP contribution in [0.2, 0.25) is 0 Å². The van der Waals surface area contributed by atoms with Gasteiger partial charge in [-0.15, -0.1) is 0 Å². The molecule has 0 atom stereocenters. The van der Waals surface area contributed by atoms with Gasteiger partial charge in [-0.2, -0.15) is 0 Å². The van der Waals surface area contributed by atoms with E-state index in [1.54, 1.807) is 0 Å². The Hall–Kier alpha value is -2.97. The van der Waals surface area contributed by atoms with Gasteiger partial charge in [0.15, 0.2) is 0 Å². The van der Waals surface area contributed by atoms with Gasteiger partial charge in [0.2, 0.25) is 0 Å². The largest absolute Gasteiger partial charge is 0.453 e. The first-order valence-corrected chi connectivity index (χ1v) is 8.14. The monoisotopic (exact) mass is 385 g/mol. The zero-order valence-corrected chi connectivity index (χ0v) is 17.0. The predicted molar refractivity (Wildman–Crippen MR) is 102 cm³/mol. The van der Waals surface area contributed by atoms with Crippen molar-refractivity contribution in [2.24, 2.45) is 0 Å². The number of carbonyl (C=O) groups is 3. The van der Waals surface area contributed by atoms with E-state index < -0.39 is 12.2 Å². The van der Waals surface area contributed by atoms with Gasteiger partial charge < -0.3 is 30.2 Å². The van der Waals surface area contributed by atoms with Gasteiger partial charge >= 0.3 is 18.3 Å². The Morgan fingerprint density at radius 2 is 1.33 bits per heavy atom. The molecular weight excluding hydrogens is 354 g/mol. The molecule has 0 saturated heterocycles. The van der Waals surface area contributed by atoms with Crippen LogP contribution in [0.15, 0.2) is 30.3 Å². The molecule has 9 heteroatoms. The van der Waals surface area contributed by atoms with Crippen molar-refractivity contribution in [3.8, 4) is 0 Å². The second kappa shape index (κ2) is 15.3. The molecule has 3 N–H and O–H groups in total. The zero-order chi connectivity index (χ0) is 21.3. The number of rotatable bonds is 2. The molecule has 0 unspecified atom stereocenters. The van der Waals surface area contributed by atoms with E-state index in [4.69, 9.17) is 9.47 Å². The second-order valence-electron chi connectivity index (χ2n) is 5.81. The van der Waals surface area contributed by atoms with E-state index >= 15 is 0 Å². The van der Waals surface area contributed by atoms with Crippen molar-refractivity contribution in [1.82, 2.24) is 16.0 Å². The maximum Gasteiger partial charge on any atom is 0.407 e. The molecule has 1 aromatic carbocycles. The number of amides is 3. The minimum absolute atomic E-state index is 0.320. The summed E-state index contributed by atoms with van der Waals surface area (Å²) in [5.74, 6) is 0. The molecule has 0 bridgehead atoms. The van der Waals surface area contributed by atoms with Gasteiger partial charge in [0, 0.05) is 21.1 Å². The molecule has 0 heterocycles. The van der Waals surface area contributed by atoms with E-state index in [2.05, 4.69) is 20.7 Å². The molecule has 0 aliphatic rings. The Morgan fingerprint density at radius 3 is 1.63 bits per heavy atom. The van der Waals surface area contributed by atoms with E-state index in [9.17, 15) is 14.4 Å². The van der Waals surface area contributed by atoms with Crippen molar-refractivity contribution in [2.45, 2.75) is 33.0 Å². The number of hydrogen-bond donors (Lipinski definition) is 3. The van der Waals surface area contributed by atoms with E-state index in [0.717, 1.165) is 5.56 Å². The van der Waals surface area contributed by atoms with Crippen LogP contribution in [0.1, 0.15) is 26.3 Å². The lowest BCUT2D eigenvalue weighted by Crippen LogP contribution is -2.30. The third kappa shape index (κ3) is 19.2. The van der Waals surface area contributed by atoms with Crippen molar-refractivity contribution in [3.05, 3.63) is 35.9 Å². The van der Waals surface area contributed by atoms with Gasteiger partial charge in [-0.25, -0.2) is 14.4 Å². The van der Waals surface area contributed by atoms with Crippen LogP contribution in [-0.4, -0.2) is 52.1 Å². The normalized spacial score (nSPS) is 9.15. The molecule has 1 rings (SSSR count). The molecule has 0 spiro atoms. The lowest BCUT2D eigenvalue weighted by atomic mass is 10.2. The first-order chi connectivity index (χ1) is 12.6. The molecule has 0 fully saturated rings. The van der Waals surface area contributed by atoms with E-state index in [1.807, 2.05) is 51.1 Å². The second-order valence-corrected chi connectivity index (χ2v) is 5.81. The van der Waals surface area contributed by atoms with Gasteiger partial charge in [-0.3, -0.25) is 0 Å². The maximum atomic E-state index is 10.7. The van der Waals surface area contributed by atoms with Crippen LogP contribution in [-0.2, 0) is 20.8 Å². The predicted octanol–water partition coefficient (Wildman–Crippen LogP) is 2.66. The van der Waals surface area contributed by atoms with Crippen molar-refractivity contribution in [2.75, 3.05) is 28.3 Å². The summed E-state index contributed by atoms with van der Waals surface area (Å²) >= 11 is 0. The summed E-state index contributed by atoms with van der Waals surface area (Å²) in [5.41, 5.74) is 0.598. The van der Waals surface area contributed by atoms with Gasteiger partial charge in [0.25, 0.3) is 0 Å². The highest BCUT2D eigenvalue weighted by molar-refractivity contribution is 5.67. The van der Waals surface area contributed by atoms with Gasteiger partial charge in [-0.05, 0) is 26.3 Å². The van der Waals surface area contributed by atoms with Crippen LogP contribution >= 0.6 is 0 Å². The Labute approximate surface area is 160 Å². The molecule has 0 aliphatic heterocycles. The topological polar surface area (TPSA) is 115 Å². The fraction of sp³-hybridized carbons (Fsp3) is 0.500. The molecule has 0 aliphatic carbocycles. The number of ether oxygens (including phenoxy) is 3. The van der Waals surface area contributed by atoms with Crippen LogP contribution in [0.25, 0.3) is 0 Å². The highest BCUT2D eigenvalue weighted by Gasteiger charge is 2.13. The van der Waals surface area contributed by atoms with Crippen LogP contribution in [0.3, 0.4) is 0 Å². The van der Waals surface area contributed by atoms with Gasteiger partial charge in [-0.1, -0.05) is 30.3 Å². The molecule has 3 amide bonds. The molecule has 1 aromatic rings. The summed E-state index contributed by atoms with van der Waals surface area (Å²) < 4.78 is 13.8. The van der Waals surface area contributed by atoms with Crippen LogP contribution in [0, 0.1) is 0 Å². The molecule has 0 radical (unpaired) electrons. The molecule has 27 heavy (non-hydrogen) atoms. The number of carbonyl (C=O) groups excluding carboxylic acids is 3. The molecular formula is C18H31N3O6. The molecule has 9 nitrogen and oxygen atoms in total. The third-order valence-electron chi connectivity index (χ3n) is 2.41. The van der Waals surface area contributed by atoms with E-state index in [1.165, 1.54) is 28.3 Å². The highest BCUT2D eigenvalue weighted by atomic mass is 16.6. The zero-order valence-electron chi connectivity index (χ0n) is 17.0. The number of methoxy groups -OCH3 is 1. The quantitative estimate of drug-likeness (QED) is 0.674. The Kier molecular flexibility index (Phi) is 14.9. The molecule has 0 saturated carbocycles. The summed E-state index contributed by atoms with van der Waals surface area (Å²) in [6.45, 7) is 5.78. The Balaban J connectivity index is 0. The minimum atomic E-state index is -0.407. The van der Waals surface area contributed by atoms with Crippen LogP contribution in [0.5, 0.6) is 0 Å². The number of alkyl carbamates (subject to hydrolysis) is 3. The fourth-order valence-electron chi connectivity index (χ4n) is 1.23. The first-order valence-electron chi connectivity index (χ1n) is 8.14. The minimum Gasteiger partial charge on any atom is -0.453 e. The van der Waals surface area contributed by atoms with Crippen molar-refractivity contribution in [3.63, 3.8) is 0 Å². The Morgan fingerprint density at radius 1 is 0.852 bits per heavy atom. The molecule has 154 valence electrons. The number of nitrogens with one attached hydrogen (secondary N) is 3. The summed E-state index contributed by atoms with van der Waals surface area (Å²) in [4.78, 5) is 31.0. The van der Waals surface area contributed by atoms with Crippen LogP contribution < -0.4 is 16.0 Å². The SMILES string of the molecule is CNC(=O)OC.CNC(=O)OC(C)(C)C.CNC(=O)OCc1ccccc1. The lowest BCUT2D eigenvalue weighted by Gasteiger charge is -2.18. The third-order valence-corrected chi connectivity index (χ3v) is 2.41. The lowest BCUT2D eigenvalue weighted by molar-refractivity contribution is 0.0541. The number of hydrogen-bond acceptors (Lipinski definition) is 6. The average molecular weight is 385 g/mol. The van der Waals surface area contributed by atoms with Gasteiger partial charge in [0.1, 0.15) is 12.2 Å². The van der Waals surface area contributed by atoms with Crippen LogP contribution in [0.4, 0.5) is 14.4 Å². The smallest absolute Gasteiger partial charge is 0.407 e. The van der Waals surface area contributed by atoms with Crippen molar-refractivity contribution < 1.29 is 28.6 Å². The number of benzene rings is 1. The maximum absolute atomic E-state index is 10.7. The first kappa shape index (κ1) is 26.3. The average Bonchev–Trinajstić information content (AvgIpc) is 2.65. The highest BCUT2D eigenvalue weighted by Crippen LogP contribution is 2.05. The summed E-state index contributed by atoms with van der Waals surface area (Å²) in [6.07, 6.45) is -1.20. The van der Waals surface area contributed by atoms with Crippen molar-refractivity contribution >= 4 is 18.3 Å². The Bertz CT molecular complexity index is 538. The standard InChI is InChI=1S/C9H11NO2.C6H13NO2.C3H7NO2/c1-10-9(11)12-7-8-5-3-2-4-6-8;1-6(2,3)9-5(8)7-4;1-4-3(5)6-2/h2-6H,7H2,1H3,(H,10,11);1-4H3,(H,7,8);1-2H3,(H,4,5). The van der Waals surface area contributed by atoms with E-state index in [0.29, 0.717) is 6.61 Å². The summed E-state index contributed by atoms with van der Waals surface area (Å²) in [6, 6.07) is 9.54. The molecule has 0 aromatic heterocycles. The fourth-order valence-corrected chi connectivity index (χ4v) is 1.23. The van der Waals surface area contributed by atoms with Gasteiger partial charge in [0.05, 0.1) is 7.11 Å². The van der Waals surface area contributed by atoms with E-state index in [-0.39, 0.29) is 11.7 Å². The van der Waals surface area contributed by atoms with Crippen molar-refractivity contribution in [1.29, 1.82) is 0 Å².